The number of hydrogen-bond donors (Lipinski definition) is 2. The highest BCUT2D eigenvalue weighted by Gasteiger charge is 2.12. The van der Waals surface area contributed by atoms with Crippen LogP contribution in [0.25, 0.3) is 0 Å². The van der Waals surface area contributed by atoms with Gasteiger partial charge in [0.15, 0.2) is 11.5 Å². The van der Waals surface area contributed by atoms with Gasteiger partial charge in [0, 0.05) is 13.1 Å². The first kappa shape index (κ1) is 17.6. The molecule has 0 amide bonds. The molecule has 124 valence electrons. The summed E-state index contributed by atoms with van der Waals surface area (Å²) in [4.78, 5) is 0. The van der Waals surface area contributed by atoms with E-state index >= 15 is 0 Å². The lowest BCUT2D eigenvalue weighted by Crippen LogP contribution is -2.21. The van der Waals surface area contributed by atoms with Crippen molar-refractivity contribution in [3.05, 3.63) is 58.6 Å². The van der Waals surface area contributed by atoms with Crippen LogP contribution in [0.15, 0.2) is 42.5 Å². The van der Waals surface area contributed by atoms with E-state index in [1.807, 2.05) is 49.4 Å². The number of ether oxygens (including phenoxy) is 2. The largest absolute Gasteiger partial charge is 0.491 e. The van der Waals surface area contributed by atoms with Crippen LogP contribution in [0.4, 0.5) is 0 Å². The minimum Gasteiger partial charge on any atom is -0.491 e. The number of aliphatic hydroxyl groups is 1. The summed E-state index contributed by atoms with van der Waals surface area (Å²) in [6.45, 7) is 3.48. The molecule has 0 aliphatic heterocycles. The van der Waals surface area contributed by atoms with Crippen molar-refractivity contribution in [3.8, 4) is 11.5 Å². The van der Waals surface area contributed by atoms with Gasteiger partial charge < -0.3 is 19.9 Å². The predicted octanol–water partition coefficient (Wildman–Crippen LogP) is 3.57. The molecule has 2 aromatic rings. The van der Waals surface area contributed by atoms with Crippen LogP contribution in [-0.2, 0) is 6.54 Å². The normalized spacial score (nSPS) is 12.0. The zero-order valence-corrected chi connectivity index (χ0v) is 14.1. The molecule has 0 fully saturated rings. The van der Waals surface area contributed by atoms with E-state index in [-0.39, 0.29) is 0 Å². The lowest BCUT2D eigenvalue weighted by molar-refractivity contribution is 0.174. The molecule has 0 radical (unpaired) electrons. The van der Waals surface area contributed by atoms with Gasteiger partial charge >= 0.3 is 0 Å². The van der Waals surface area contributed by atoms with Crippen molar-refractivity contribution in [2.45, 2.75) is 19.6 Å². The van der Waals surface area contributed by atoms with Crippen LogP contribution in [0, 0.1) is 0 Å². The van der Waals surface area contributed by atoms with Crippen LogP contribution >= 0.6 is 11.6 Å². The van der Waals surface area contributed by atoms with Crippen molar-refractivity contribution in [1.82, 2.24) is 5.32 Å². The highest BCUT2D eigenvalue weighted by Crippen LogP contribution is 2.36. The standard InChI is InChI=1S/C18H22ClNO3/c1-3-23-17-10-13(9-15(19)18(17)22-2)11-20-12-16(21)14-7-5-4-6-8-14/h4-10,16,20-21H,3,11-12H2,1-2H3/t16-/m1/s1. The Bertz CT molecular complexity index is 619. The molecule has 5 heteroatoms. The summed E-state index contributed by atoms with van der Waals surface area (Å²) in [5.74, 6) is 1.17. The van der Waals surface area contributed by atoms with Gasteiger partial charge in [0.1, 0.15) is 0 Å². The molecular weight excluding hydrogens is 314 g/mol. The van der Waals surface area contributed by atoms with Gasteiger partial charge in [-0.15, -0.1) is 0 Å². The molecule has 2 aromatic carbocycles. The molecule has 0 aliphatic carbocycles. The van der Waals surface area contributed by atoms with Crippen molar-refractivity contribution < 1.29 is 14.6 Å². The smallest absolute Gasteiger partial charge is 0.179 e. The van der Waals surface area contributed by atoms with Crippen LogP contribution < -0.4 is 14.8 Å². The lowest BCUT2D eigenvalue weighted by atomic mass is 10.1. The fourth-order valence-electron chi connectivity index (χ4n) is 2.33. The Morgan fingerprint density at radius 1 is 1.22 bits per heavy atom. The number of halogens is 1. The zero-order valence-electron chi connectivity index (χ0n) is 13.4. The molecule has 23 heavy (non-hydrogen) atoms. The quantitative estimate of drug-likeness (QED) is 0.774. The Morgan fingerprint density at radius 3 is 2.61 bits per heavy atom. The fraction of sp³-hybridized carbons (Fsp3) is 0.333. The monoisotopic (exact) mass is 335 g/mol. The average molecular weight is 336 g/mol. The number of rotatable bonds is 8. The third kappa shape index (κ3) is 4.86. The van der Waals surface area contributed by atoms with E-state index < -0.39 is 6.10 Å². The summed E-state index contributed by atoms with van der Waals surface area (Å²) >= 11 is 6.23. The molecule has 2 N–H and O–H groups in total. The molecule has 0 aliphatic rings. The van der Waals surface area contributed by atoms with E-state index in [2.05, 4.69) is 5.32 Å². The van der Waals surface area contributed by atoms with Gasteiger partial charge in [0.25, 0.3) is 0 Å². The van der Waals surface area contributed by atoms with Gasteiger partial charge in [-0.05, 0) is 30.2 Å². The van der Waals surface area contributed by atoms with E-state index in [1.165, 1.54) is 0 Å². The van der Waals surface area contributed by atoms with E-state index in [4.69, 9.17) is 21.1 Å². The second kappa shape index (κ2) is 8.77. The first-order valence-corrected chi connectivity index (χ1v) is 7.96. The van der Waals surface area contributed by atoms with Crippen LogP contribution in [0.1, 0.15) is 24.2 Å². The summed E-state index contributed by atoms with van der Waals surface area (Å²) < 4.78 is 10.8. The highest BCUT2D eigenvalue weighted by atomic mass is 35.5. The summed E-state index contributed by atoms with van der Waals surface area (Å²) in [5, 5.41) is 13.9. The van der Waals surface area contributed by atoms with Crippen LogP contribution in [0.3, 0.4) is 0 Å². The van der Waals surface area contributed by atoms with Crippen molar-refractivity contribution in [2.24, 2.45) is 0 Å². The fourth-order valence-corrected chi connectivity index (χ4v) is 2.64. The van der Waals surface area contributed by atoms with Crippen molar-refractivity contribution in [3.63, 3.8) is 0 Å². The van der Waals surface area contributed by atoms with Gasteiger partial charge in [-0.25, -0.2) is 0 Å². The Morgan fingerprint density at radius 2 is 1.96 bits per heavy atom. The molecule has 0 aromatic heterocycles. The van der Waals surface area contributed by atoms with E-state index in [9.17, 15) is 5.11 Å². The van der Waals surface area contributed by atoms with Crippen molar-refractivity contribution in [2.75, 3.05) is 20.3 Å². The first-order valence-electron chi connectivity index (χ1n) is 7.58. The molecule has 0 saturated carbocycles. The molecule has 0 bridgehead atoms. The van der Waals surface area contributed by atoms with Crippen molar-refractivity contribution >= 4 is 11.6 Å². The first-order chi connectivity index (χ1) is 11.2. The Kier molecular flexibility index (Phi) is 6.71. The molecule has 4 nitrogen and oxygen atoms in total. The number of aliphatic hydroxyl groups excluding tert-OH is 1. The number of hydrogen-bond acceptors (Lipinski definition) is 4. The number of nitrogens with one attached hydrogen (secondary N) is 1. The Hall–Kier alpha value is -1.75. The molecule has 0 heterocycles. The van der Waals surface area contributed by atoms with Crippen LogP contribution in [0.5, 0.6) is 11.5 Å². The highest BCUT2D eigenvalue weighted by molar-refractivity contribution is 6.32. The van der Waals surface area contributed by atoms with E-state index in [0.717, 1.165) is 11.1 Å². The molecule has 0 saturated heterocycles. The SMILES string of the molecule is CCOc1cc(CNC[C@@H](O)c2ccccc2)cc(Cl)c1OC. The zero-order chi connectivity index (χ0) is 16.7. The Balaban J connectivity index is 1.98. The van der Waals surface area contributed by atoms with E-state index in [0.29, 0.717) is 36.2 Å². The number of methoxy groups -OCH3 is 1. The van der Waals surface area contributed by atoms with Crippen LogP contribution in [0.2, 0.25) is 5.02 Å². The minimum atomic E-state index is -0.545. The molecular formula is C18H22ClNO3. The van der Waals surface area contributed by atoms with Crippen LogP contribution in [-0.4, -0.2) is 25.4 Å². The Labute approximate surface area is 142 Å². The topological polar surface area (TPSA) is 50.7 Å². The van der Waals surface area contributed by atoms with E-state index in [1.54, 1.807) is 7.11 Å². The summed E-state index contributed by atoms with van der Waals surface area (Å²) in [6, 6.07) is 13.3. The second-order valence-electron chi connectivity index (χ2n) is 5.10. The molecule has 1 atom stereocenters. The van der Waals surface area contributed by atoms with Gasteiger partial charge in [-0.1, -0.05) is 41.9 Å². The maximum Gasteiger partial charge on any atom is 0.179 e. The number of benzene rings is 2. The lowest BCUT2D eigenvalue weighted by Gasteiger charge is -2.15. The summed E-state index contributed by atoms with van der Waals surface area (Å²) in [7, 11) is 1.57. The maximum atomic E-state index is 10.1. The van der Waals surface area contributed by atoms with Crippen molar-refractivity contribution in [1.29, 1.82) is 0 Å². The minimum absolute atomic E-state index is 0.456. The summed E-state index contributed by atoms with van der Waals surface area (Å²) in [5.41, 5.74) is 1.86. The predicted molar refractivity (Wildman–Crippen MR) is 92.3 cm³/mol. The summed E-state index contributed by atoms with van der Waals surface area (Å²) in [6.07, 6.45) is -0.545. The second-order valence-corrected chi connectivity index (χ2v) is 5.51. The van der Waals surface area contributed by atoms with Gasteiger partial charge in [-0.3, -0.25) is 0 Å². The molecule has 0 spiro atoms. The van der Waals surface area contributed by atoms with Gasteiger partial charge in [0.05, 0.1) is 24.8 Å². The van der Waals surface area contributed by atoms with Gasteiger partial charge in [0.2, 0.25) is 0 Å². The average Bonchev–Trinajstić information content (AvgIpc) is 2.56. The maximum absolute atomic E-state index is 10.1. The third-order valence-corrected chi connectivity index (χ3v) is 3.71. The molecule has 2 rings (SSSR count). The molecule has 0 unspecified atom stereocenters. The third-order valence-electron chi connectivity index (χ3n) is 3.42. The van der Waals surface area contributed by atoms with Gasteiger partial charge in [-0.2, -0.15) is 0 Å².